The molecule has 6 nitrogen and oxygen atoms in total. The molecule has 19 heavy (non-hydrogen) atoms. The lowest BCUT2D eigenvalue weighted by atomic mass is 10.2. The molecule has 0 fully saturated rings. The molecule has 0 saturated carbocycles. The Morgan fingerprint density at radius 3 is 2.84 bits per heavy atom. The zero-order valence-electron chi connectivity index (χ0n) is 11.4. The minimum Gasteiger partial charge on any atom is -0.407 e. The zero-order chi connectivity index (χ0) is 13.7. The molecule has 0 aromatic carbocycles. The van der Waals surface area contributed by atoms with Gasteiger partial charge in [-0.05, 0) is 19.4 Å². The fourth-order valence-corrected chi connectivity index (χ4v) is 2.23. The van der Waals surface area contributed by atoms with E-state index in [9.17, 15) is 0 Å². The number of anilines is 1. The molecular weight excluding hydrogens is 262 g/mol. The van der Waals surface area contributed by atoms with E-state index in [4.69, 9.17) is 4.42 Å². The van der Waals surface area contributed by atoms with Crippen LogP contribution < -0.4 is 10.6 Å². The second-order valence-corrected chi connectivity index (χ2v) is 5.68. The van der Waals surface area contributed by atoms with E-state index in [0.717, 1.165) is 12.2 Å². The number of aryl methyl sites for hydroxylation is 1. The summed E-state index contributed by atoms with van der Waals surface area (Å²) in [5.74, 6) is 1.21. The first-order valence-corrected chi connectivity index (χ1v) is 7.19. The molecule has 104 valence electrons. The van der Waals surface area contributed by atoms with Crippen LogP contribution in [-0.2, 0) is 13.1 Å². The smallest absolute Gasteiger partial charge is 0.315 e. The summed E-state index contributed by atoms with van der Waals surface area (Å²) < 4.78 is 5.49. The predicted octanol–water partition coefficient (Wildman–Crippen LogP) is 2.19. The first kappa shape index (κ1) is 14.0. The first-order valence-electron chi connectivity index (χ1n) is 6.31. The van der Waals surface area contributed by atoms with Gasteiger partial charge in [0.2, 0.25) is 5.89 Å². The summed E-state index contributed by atoms with van der Waals surface area (Å²) in [4.78, 5) is 5.37. The molecular formula is C12H19N5OS. The van der Waals surface area contributed by atoms with E-state index in [1.165, 1.54) is 4.88 Å². The summed E-state index contributed by atoms with van der Waals surface area (Å²) >= 11 is 1.62. The number of nitrogens with zero attached hydrogens (tertiary/aromatic N) is 3. The Labute approximate surface area is 116 Å². The van der Waals surface area contributed by atoms with Crippen LogP contribution in [0, 0.1) is 12.8 Å². The maximum absolute atomic E-state index is 5.49. The van der Waals surface area contributed by atoms with E-state index >= 15 is 0 Å². The van der Waals surface area contributed by atoms with Crippen molar-refractivity contribution in [1.82, 2.24) is 20.5 Å². The Balaban J connectivity index is 1.79. The van der Waals surface area contributed by atoms with Gasteiger partial charge in [0, 0.05) is 4.88 Å². The summed E-state index contributed by atoms with van der Waals surface area (Å²) in [6.45, 7) is 8.51. The van der Waals surface area contributed by atoms with Crippen molar-refractivity contribution in [1.29, 1.82) is 0 Å². The highest BCUT2D eigenvalue weighted by Crippen LogP contribution is 2.14. The van der Waals surface area contributed by atoms with Crippen LogP contribution in [0.5, 0.6) is 0 Å². The van der Waals surface area contributed by atoms with Gasteiger partial charge in [-0.25, -0.2) is 4.98 Å². The molecule has 7 heteroatoms. The van der Waals surface area contributed by atoms with Gasteiger partial charge in [-0.3, -0.25) is 0 Å². The van der Waals surface area contributed by atoms with Crippen LogP contribution in [0.2, 0.25) is 0 Å². The predicted molar refractivity (Wildman–Crippen MR) is 75.0 cm³/mol. The summed E-state index contributed by atoms with van der Waals surface area (Å²) in [5.41, 5.74) is 2.87. The Kier molecular flexibility index (Phi) is 4.86. The van der Waals surface area contributed by atoms with E-state index < -0.39 is 0 Å². The fraction of sp³-hybridized carbons (Fsp3) is 0.583. The van der Waals surface area contributed by atoms with Gasteiger partial charge in [-0.2, -0.15) is 0 Å². The standard InChI is InChI=1S/C12H19N5OS/c1-8(2)4-13-6-11-16-17-12(18-11)14-5-10-9(3)15-7-19-10/h7-8,13H,4-6H2,1-3H3,(H,14,17). The van der Waals surface area contributed by atoms with Crippen LogP contribution >= 0.6 is 11.3 Å². The van der Waals surface area contributed by atoms with E-state index in [1.807, 2.05) is 12.4 Å². The molecule has 0 saturated heterocycles. The monoisotopic (exact) mass is 281 g/mol. The van der Waals surface area contributed by atoms with Gasteiger partial charge in [0.1, 0.15) is 0 Å². The van der Waals surface area contributed by atoms with Crippen LogP contribution in [0.25, 0.3) is 0 Å². The van der Waals surface area contributed by atoms with Gasteiger partial charge >= 0.3 is 6.01 Å². The lowest BCUT2D eigenvalue weighted by Gasteiger charge is -2.03. The third kappa shape index (κ3) is 4.29. The Bertz CT molecular complexity index is 508. The Morgan fingerprint density at radius 1 is 1.32 bits per heavy atom. The Hall–Kier alpha value is -1.47. The van der Waals surface area contributed by atoms with Gasteiger partial charge in [-0.15, -0.1) is 16.4 Å². The topological polar surface area (TPSA) is 75.9 Å². The quantitative estimate of drug-likeness (QED) is 0.810. The first-order chi connectivity index (χ1) is 9.15. The summed E-state index contributed by atoms with van der Waals surface area (Å²) in [6.07, 6.45) is 0. The summed E-state index contributed by atoms with van der Waals surface area (Å²) in [6, 6.07) is 0.453. The molecule has 0 unspecified atom stereocenters. The van der Waals surface area contributed by atoms with Crippen LogP contribution in [0.1, 0.15) is 30.3 Å². The van der Waals surface area contributed by atoms with Crippen molar-refractivity contribution < 1.29 is 4.42 Å². The molecule has 0 atom stereocenters. The molecule has 0 bridgehead atoms. The van der Waals surface area contributed by atoms with Crippen LogP contribution in [-0.4, -0.2) is 21.7 Å². The van der Waals surface area contributed by atoms with Crippen LogP contribution in [0.15, 0.2) is 9.93 Å². The third-order valence-electron chi connectivity index (χ3n) is 2.54. The minimum atomic E-state index is 0.453. The van der Waals surface area contributed by atoms with E-state index in [-0.39, 0.29) is 0 Å². The van der Waals surface area contributed by atoms with Crippen molar-refractivity contribution in [2.75, 3.05) is 11.9 Å². The van der Waals surface area contributed by atoms with E-state index in [1.54, 1.807) is 11.3 Å². The van der Waals surface area contributed by atoms with Gasteiger partial charge in [0.15, 0.2) is 0 Å². The second-order valence-electron chi connectivity index (χ2n) is 4.74. The van der Waals surface area contributed by atoms with E-state index in [0.29, 0.717) is 30.9 Å². The van der Waals surface area contributed by atoms with Crippen molar-refractivity contribution >= 4 is 17.4 Å². The molecule has 2 rings (SSSR count). The molecule has 2 N–H and O–H groups in total. The minimum absolute atomic E-state index is 0.453. The Morgan fingerprint density at radius 2 is 2.16 bits per heavy atom. The molecule has 0 aliphatic rings. The van der Waals surface area contributed by atoms with Gasteiger partial charge in [0.25, 0.3) is 0 Å². The number of nitrogens with one attached hydrogen (secondary N) is 2. The van der Waals surface area contributed by atoms with Gasteiger partial charge in [-0.1, -0.05) is 18.9 Å². The van der Waals surface area contributed by atoms with Crippen LogP contribution in [0.4, 0.5) is 6.01 Å². The number of hydrogen-bond acceptors (Lipinski definition) is 7. The van der Waals surface area contributed by atoms with Crippen molar-refractivity contribution in [3.8, 4) is 0 Å². The molecule has 0 aliphatic carbocycles. The van der Waals surface area contributed by atoms with E-state index in [2.05, 4.69) is 39.7 Å². The van der Waals surface area contributed by atoms with Gasteiger partial charge in [0.05, 0.1) is 24.3 Å². The van der Waals surface area contributed by atoms with Crippen LogP contribution in [0.3, 0.4) is 0 Å². The number of aromatic nitrogens is 3. The van der Waals surface area contributed by atoms with Crippen molar-refractivity contribution in [2.24, 2.45) is 5.92 Å². The zero-order valence-corrected chi connectivity index (χ0v) is 12.3. The highest BCUT2D eigenvalue weighted by Gasteiger charge is 2.07. The van der Waals surface area contributed by atoms with Crippen molar-refractivity contribution in [3.63, 3.8) is 0 Å². The fourth-order valence-electron chi connectivity index (χ4n) is 1.52. The third-order valence-corrected chi connectivity index (χ3v) is 3.48. The summed E-state index contributed by atoms with van der Waals surface area (Å²) in [7, 11) is 0. The highest BCUT2D eigenvalue weighted by molar-refractivity contribution is 7.09. The largest absolute Gasteiger partial charge is 0.407 e. The molecule has 0 amide bonds. The molecule has 0 aliphatic heterocycles. The number of hydrogen-bond donors (Lipinski definition) is 2. The molecule has 0 spiro atoms. The number of thiazole rings is 1. The molecule has 2 aromatic rings. The summed E-state index contributed by atoms with van der Waals surface area (Å²) in [5, 5.41) is 14.3. The van der Waals surface area contributed by atoms with Gasteiger partial charge < -0.3 is 15.1 Å². The molecule has 2 heterocycles. The normalized spacial score (nSPS) is 11.2. The second kappa shape index (κ2) is 6.63. The molecule has 0 radical (unpaired) electrons. The average molecular weight is 281 g/mol. The maximum atomic E-state index is 5.49. The highest BCUT2D eigenvalue weighted by atomic mass is 32.1. The average Bonchev–Trinajstić information content (AvgIpc) is 2.95. The lowest BCUT2D eigenvalue weighted by Crippen LogP contribution is -2.19. The van der Waals surface area contributed by atoms with Crippen molar-refractivity contribution in [3.05, 3.63) is 22.0 Å². The van der Waals surface area contributed by atoms with Crippen molar-refractivity contribution in [2.45, 2.75) is 33.9 Å². The SMILES string of the molecule is Cc1ncsc1CNc1nnc(CNCC(C)C)o1. The maximum Gasteiger partial charge on any atom is 0.315 e. The molecule has 2 aromatic heterocycles. The lowest BCUT2D eigenvalue weighted by molar-refractivity contribution is 0.458. The number of rotatable bonds is 7.